The second-order valence-corrected chi connectivity index (χ2v) is 10.3. The molecule has 1 saturated heterocycles. The van der Waals surface area contributed by atoms with Crippen molar-refractivity contribution in [2.75, 3.05) is 16.8 Å². The first kappa shape index (κ1) is 20.4. The molecule has 0 spiro atoms. The van der Waals surface area contributed by atoms with Crippen molar-refractivity contribution in [3.63, 3.8) is 0 Å². The highest BCUT2D eigenvalue weighted by Crippen LogP contribution is 2.34. The molecule has 2 amide bonds. The van der Waals surface area contributed by atoms with Crippen LogP contribution in [0.1, 0.15) is 23.2 Å². The second-order valence-electron chi connectivity index (χ2n) is 8.23. The molecule has 3 heterocycles. The summed E-state index contributed by atoms with van der Waals surface area (Å²) in [6.45, 7) is 2.20. The smallest absolute Gasteiger partial charge is 0.230 e. The third-order valence-corrected chi connectivity index (χ3v) is 7.37. The fourth-order valence-corrected chi connectivity index (χ4v) is 5.82. The van der Waals surface area contributed by atoms with Gasteiger partial charge in [-0.05, 0) is 30.7 Å². The summed E-state index contributed by atoms with van der Waals surface area (Å²) in [5.41, 5.74) is 3.45. The molecular weight excluding hydrogens is 428 g/mol. The van der Waals surface area contributed by atoms with Gasteiger partial charge < -0.3 is 10.2 Å². The van der Waals surface area contributed by atoms with Crippen LogP contribution in [0.3, 0.4) is 0 Å². The number of carbonyl (C=O) groups excluding carboxylic acids is 2. The van der Waals surface area contributed by atoms with Gasteiger partial charge >= 0.3 is 0 Å². The number of aromatic nitrogens is 2. The van der Waals surface area contributed by atoms with Gasteiger partial charge in [-0.15, -0.1) is 0 Å². The lowest BCUT2D eigenvalue weighted by Crippen LogP contribution is -2.29. The fraction of sp³-hybridized carbons (Fsp3) is 0.261. The Morgan fingerprint density at radius 2 is 1.78 bits per heavy atom. The number of sulfone groups is 1. The largest absolute Gasteiger partial charge is 0.311 e. The number of hydrogen-bond donors (Lipinski definition) is 1. The van der Waals surface area contributed by atoms with E-state index in [1.54, 1.807) is 9.58 Å². The Bertz CT molecular complexity index is 1330. The van der Waals surface area contributed by atoms with E-state index >= 15 is 0 Å². The van der Waals surface area contributed by atoms with E-state index < -0.39 is 15.8 Å². The molecule has 2 aliphatic rings. The molecule has 32 heavy (non-hydrogen) atoms. The Labute approximate surface area is 185 Å². The average Bonchev–Trinajstić information content (AvgIpc) is 3.39. The standard InChI is InChI=1S/C23H22N4O4S/c1-15-7-5-6-10-20(15)26-12-16(11-21(26)28)23(29)24-22-18-13-32(30,31)14-19(18)25-27(22)17-8-3-2-4-9-17/h2-10,16H,11-14H2,1H3,(H,24,29). The molecule has 1 atom stereocenters. The molecule has 9 heteroatoms. The van der Waals surface area contributed by atoms with Gasteiger partial charge in [-0.1, -0.05) is 36.4 Å². The zero-order chi connectivity index (χ0) is 22.5. The van der Waals surface area contributed by atoms with E-state index in [2.05, 4.69) is 10.4 Å². The first-order chi connectivity index (χ1) is 15.3. The summed E-state index contributed by atoms with van der Waals surface area (Å²) in [6, 6.07) is 16.8. The minimum atomic E-state index is -3.29. The van der Waals surface area contributed by atoms with Gasteiger partial charge in [0.05, 0.1) is 28.8 Å². The number of hydrogen-bond acceptors (Lipinski definition) is 5. The first-order valence-electron chi connectivity index (χ1n) is 10.4. The van der Waals surface area contributed by atoms with E-state index in [9.17, 15) is 18.0 Å². The van der Waals surface area contributed by atoms with Crippen LogP contribution in [-0.2, 0) is 30.9 Å². The van der Waals surface area contributed by atoms with Crippen LogP contribution >= 0.6 is 0 Å². The Morgan fingerprint density at radius 3 is 2.53 bits per heavy atom. The van der Waals surface area contributed by atoms with Crippen molar-refractivity contribution in [2.24, 2.45) is 5.92 Å². The number of rotatable bonds is 4. The number of amides is 2. The van der Waals surface area contributed by atoms with Gasteiger partial charge in [-0.2, -0.15) is 5.10 Å². The van der Waals surface area contributed by atoms with Crippen molar-refractivity contribution >= 4 is 33.2 Å². The van der Waals surface area contributed by atoms with Crippen LogP contribution in [0.15, 0.2) is 54.6 Å². The monoisotopic (exact) mass is 450 g/mol. The molecule has 1 unspecified atom stereocenters. The van der Waals surface area contributed by atoms with Gasteiger partial charge in [0, 0.05) is 24.2 Å². The Hall–Kier alpha value is -3.46. The third kappa shape index (κ3) is 3.58. The van der Waals surface area contributed by atoms with Crippen molar-refractivity contribution in [3.05, 3.63) is 71.4 Å². The lowest BCUT2D eigenvalue weighted by Gasteiger charge is -2.19. The van der Waals surface area contributed by atoms with Crippen LogP contribution in [0.4, 0.5) is 11.5 Å². The van der Waals surface area contributed by atoms with Crippen LogP contribution in [0.2, 0.25) is 0 Å². The number of aryl methyl sites for hydroxylation is 1. The molecule has 0 saturated carbocycles. The van der Waals surface area contributed by atoms with Gasteiger partial charge in [-0.25, -0.2) is 13.1 Å². The number of nitrogens with zero attached hydrogens (tertiary/aromatic N) is 3. The van der Waals surface area contributed by atoms with Crippen LogP contribution in [0.25, 0.3) is 5.69 Å². The normalized spacial score (nSPS) is 19.2. The zero-order valence-electron chi connectivity index (χ0n) is 17.5. The first-order valence-corrected chi connectivity index (χ1v) is 12.2. The van der Waals surface area contributed by atoms with E-state index in [1.165, 1.54) is 0 Å². The maximum atomic E-state index is 13.2. The molecule has 1 aromatic heterocycles. The maximum Gasteiger partial charge on any atom is 0.230 e. The lowest BCUT2D eigenvalue weighted by atomic mass is 10.1. The summed E-state index contributed by atoms with van der Waals surface area (Å²) < 4.78 is 25.9. The second kappa shape index (κ2) is 7.59. The maximum absolute atomic E-state index is 13.2. The number of benzene rings is 2. The van der Waals surface area contributed by atoms with Crippen molar-refractivity contribution < 1.29 is 18.0 Å². The topological polar surface area (TPSA) is 101 Å². The molecule has 2 aromatic carbocycles. The fourth-order valence-electron chi connectivity index (χ4n) is 4.33. The molecular formula is C23H22N4O4S. The number of carbonyl (C=O) groups is 2. The summed E-state index contributed by atoms with van der Waals surface area (Å²) in [5.74, 6) is -0.922. The number of nitrogens with one attached hydrogen (secondary N) is 1. The zero-order valence-corrected chi connectivity index (χ0v) is 18.3. The minimum absolute atomic E-state index is 0.0974. The Kier molecular flexibility index (Phi) is 4.85. The highest BCUT2D eigenvalue weighted by Gasteiger charge is 2.38. The molecule has 1 N–H and O–H groups in total. The molecule has 3 aromatic rings. The average molecular weight is 451 g/mol. The number of fused-ring (bicyclic) bond motifs is 1. The van der Waals surface area contributed by atoms with Gasteiger partial charge in [0.15, 0.2) is 9.84 Å². The van der Waals surface area contributed by atoms with Crippen LogP contribution < -0.4 is 10.2 Å². The molecule has 1 fully saturated rings. The van der Waals surface area contributed by atoms with Crippen molar-refractivity contribution in [1.82, 2.24) is 9.78 Å². The van der Waals surface area contributed by atoms with E-state index in [1.807, 2.05) is 61.5 Å². The molecule has 0 radical (unpaired) electrons. The molecule has 8 nitrogen and oxygen atoms in total. The number of anilines is 2. The van der Waals surface area contributed by atoms with Crippen molar-refractivity contribution in [2.45, 2.75) is 24.9 Å². The van der Waals surface area contributed by atoms with E-state index in [-0.39, 0.29) is 36.3 Å². The molecule has 2 aliphatic heterocycles. The predicted molar refractivity (Wildman–Crippen MR) is 120 cm³/mol. The predicted octanol–water partition coefficient (Wildman–Crippen LogP) is 2.60. The SMILES string of the molecule is Cc1ccccc1N1CC(C(=O)Nc2c3c(nn2-c2ccccc2)CS(=O)(=O)C3)CC1=O. The Balaban J connectivity index is 1.44. The Morgan fingerprint density at radius 1 is 1.06 bits per heavy atom. The lowest BCUT2D eigenvalue weighted by molar-refractivity contribution is -0.122. The van der Waals surface area contributed by atoms with Gasteiger partial charge in [0.2, 0.25) is 11.8 Å². The van der Waals surface area contributed by atoms with E-state index in [4.69, 9.17) is 0 Å². The molecule has 0 aliphatic carbocycles. The summed E-state index contributed by atoms with van der Waals surface area (Å²) in [5, 5.41) is 7.37. The summed E-state index contributed by atoms with van der Waals surface area (Å²) >= 11 is 0. The van der Waals surface area contributed by atoms with Crippen LogP contribution in [-0.4, -0.2) is 36.6 Å². The van der Waals surface area contributed by atoms with Gasteiger partial charge in [0.1, 0.15) is 5.82 Å². The van der Waals surface area contributed by atoms with Crippen molar-refractivity contribution in [3.8, 4) is 5.69 Å². The number of para-hydroxylation sites is 2. The third-order valence-electron chi connectivity index (χ3n) is 5.93. The van der Waals surface area contributed by atoms with Gasteiger partial charge in [0.25, 0.3) is 0 Å². The highest BCUT2D eigenvalue weighted by molar-refractivity contribution is 7.90. The van der Waals surface area contributed by atoms with Crippen LogP contribution in [0.5, 0.6) is 0 Å². The summed E-state index contributed by atoms with van der Waals surface area (Å²) in [7, 11) is -3.29. The van der Waals surface area contributed by atoms with Crippen LogP contribution in [0, 0.1) is 12.8 Å². The van der Waals surface area contributed by atoms with Crippen molar-refractivity contribution in [1.29, 1.82) is 0 Å². The minimum Gasteiger partial charge on any atom is -0.311 e. The molecule has 0 bridgehead atoms. The summed E-state index contributed by atoms with van der Waals surface area (Å²) in [4.78, 5) is 27.5. The van der Waals surface area contributed by atoms with E-state index in [0.29, 0.717) is 17.1 Å². The van der Waals surface area contributed by atoms with Gasteiger partial charge in [-0.3, -0.25) is 9.59 Å². The quantitative estimate of drug-likeness (QED) is 0.658. The molecule has 164 valence electrons. The summed E-state index contributed by atoms with van der Waals surface area (Å²) in [6.07, 6.45) is 0.0974. The highest BCUT2D eigenvalue weighted by atomic mass is 32.2. The molecule has 5 rings (SSSR count). The van der Waals surface area contributed by atoms with E-state index in [0.717, 1.165) is 16.9 Å².